The molecule has 1 aromatic heterocycles. The summed E-state index contributed by atoms with van der Waals surface area (Å²) in [5.74, 6) is 1.70. The molecule has 0 amide bonds. The van der Waals surface area contributed by atoms with Crippen LogP contribution in [-0.4, -0.2) is 29.8 Å². The zero-order valence-corrected chi connectivity index (χ0v) is 12.1. The molecule has 1 aromatic rings. The van der Waals surface area contributed by atoms with E-state index in [1.54, 1.807) is 0 Å². The van der Waals surface area contributed by atoms with Crippen molar-refractivity contribution in [3.8, 4) is 0 Å². The van der Waals surface area contributed by atoms with Crippen molar-refractivity contribution < 1.29 is 5.11 Å². The third-order valence-corrected chi connectivity index (χ3v) is 4.68. The first-order valence-electron chi connectivity index (χ1n) is 7.89. The minimum absolute atomic E-state index is 0.292. The Kier molecular flexibility index (Phi) is 4.22. The third kappa shape index (κ3) is 2.67. The molecule has 0 spiro atoms. The lowest BCUT2D eigenvalue weighted by molar-refractivity contribution is 0.244. The largest absolute Gasteiger partial charge is 0.396 e. The second-order valence-corrected chi connectivity index (χ2v) is 6.10. The molecule has 1 unspecified atom stereocenters. The van der Waals surface area contributed by atoms with Gasteiger partial charge in [-0.3, -0.25) is 0 Å². The Labute approximate surface area is 121 Å². The van der Waals surface area contributed by atoms with Crippen molar-refractivity contribution in [1.82, 2.24) is 4.98 Å². The van der Waals surface area contributed by atoms with Crippen LogP contribution in [0, 0.1) is 5.92 Å². The fraction of sp³-hybridized carbons (Fsp3) is 0.688. The molecule has 1 aliphatic carbocycles. The van der Waals surface area contributed by atoms with Crippen molar-refractivity contribution in [3.63, 3.8) is 0 Å². The number of nitrogens with zero attached hydrogens (tertiary/aromatic N) is 2. The van der Waals surface area contributed by atoms with E-state index >= 15 is 0 Å². The Bertz CT molecular complexity index is 473. The van der Waals surface area contributed by atoms with E-state index in [0.29, 0.717) is 19.1 Å². The second-order valence-electron chi connectivity index (χ2n) is 6.10. The highest BCUT2D eigenvalue weighted by Gasteiger charge is 2.24. The highest BCUT2D eigenvalue weighted by molar-refractivity contribution is 5.51. The van der Waals surface area contributed by atoms with Crippen LogP contribution in [0.3, 0.4) is 0 Å². The maximum Gasteiger partial charge on any atom is 0.133 e. The van der Waals surface area contributed by atoms with Crippen molar-refractivity contribution in [3.05, 3.63) is 22.9 Å². The third-order valence-electron chi connectivity index (χ3n) is 4.68. The average Bonchev–Trinajstić information content (AvgIpc) is 2.93. The fourth-order valence-electron chi connectivity index (χ4n) is 3.61. The zero-order valence-electron chi connectivity index (χ0n) is 12.1. The topological polar surface area (TPSA) is 62.4 Å². The van der Waals surface area contributed by atoms with Crippen molar-refractivity contribution in [2.45, 2.75) is 45.1 Å². The molecule has 1 atom stereocenters. The van der Waals surface area contributed by atoms with Crippen LogP contribution in [-0.2, 0) is 19.4 Å². The monoisotopic (exact) mass is 275 g/mol. The fourth-order valence-corrected chi connectivity index (χ4v) is 3.61. The number of aryl methyl sites for hydroxylation is 2. The molecule has 0 aromatic carbocycles. The first-order valence-corrected chi connectivity index (χ1v) is 7.89. The maximum absolute atomic E-state index is 9.15. The Morgan fingerprint density at radius 2 is 2.25 bits per heavy atom. The first-order chi connectivity index (χ1) is 9.81. The summed E-state index contributed by atoms with van der Waals surface area (Å²) < 4.78 is 0. The van der Waals surface area contributed by atoms with E-state index in [4.69, 9.17) is 15.8 Å². The van der Waals surface area contributed by atoms with Gasteiger partial charge in [0.1, 0.15) is 5.82 Å². The highest BCUT2D eigenvalue weighted by atomic mass is 16.3. The van der Waals surface area contributed by atoms with Crippen LogP contribution in [0.2, 0.25) is 0 Å². The molecule has 20 heavy (non-hydrogen) atoms. The van der Waals surface area contributed by atoms with E-state index in [0.717, 1.165) is 38.2 Å². The van der Waals surface area contributed by atoms with Crippen LogP contribution < -0.4 is 10.6 Å². The molecule has 4 nitrogen and oxygen atoms in total. The zero-order chi connectivity index (χ0) is 13.9. The van der Waals surface area contributed by atoms with Gasteiger partial charge >= 0.3 is 0 Å². The summed E-state index contributed by atoms with van der Waals surface area (Å²) in [6, 6.07) is 2.28. The molecule has 2 aliphatic rings. The molecule has 1 fully saturated rings. The van der Waals surface area contributed by atoms with Gasteiger partial charge in [-0.25, -0.2) is 4.98 Å². The van der Waals surface area contributed by atoms with Crippen molar-refractivity contribution >= 4 is 5.82 Å². The molecular formula is C16H25N3O. The molecule has 4 heteroatoms. The van der Waals surface area contributed by atoms with Crippen molar-refractivity contribution in [2.24, 2.45) is 11.7 Å². The molecule has 0 bridgehead atoms. The van der Waals surface area contributed by atoms with Gasteiger partial charge in [-0.1, -0.05) is 0 Å². The predicted octanol–water partition coefficient (Wildman–Crippen LogP) is 1.63. The quantitative estimate of drug-likeness (QED) is 0.876. The summed E-state index contributed by atoms with van der Waals surface area (Å²) in [4.78, 5) is 7.32. The normalized spacial score (nSPS) is 22.1. The number of pyridine rings is 1. The minimum Gasteiger partial charge on any atom is -0.396 e. The molecule has 1 saturated heterocycles. The average molecular weight is 275 g/mol. The van der Waals surface area contributed by atoms with Gasteiger partial charge in [-0.15, -0.1) is 0 Å². The van der Waals surface area contributed by atoms with Crippen LogP contribution in [0.4, 0.5) is 5.82 Å². The number of aliphatic hydroxyl groups excluding tert-OH is 1. The van der Waals surface area contributed by atoms with E-state index in [9.17, 15) is 0 Å². The predicted molar refractivity (Wildman–Crippen MR) is 80.8 cm³/mol. The molecule has 0 saturated carbocycles. The standard InChI is InChI=1S/C16H25N3O/c17-10-14-9-13-4-1-5-15(13)18-16(14)19-7-2-3-12(11-19)6-8-20/h9,12,20H,1-8,10-11,17H2. The molecule has 110 valence electrons. The Morgan fingerprint density at radius 1 is 1.35 bits per heavy atom. The van der Waals surface area contributed by atoms with Gasteiger partial charge in [0.15, 0.2) is 0 Å². The minimum atomic E-state index is 0.292. The first kappa shape index (κ1) is 13.8. The van der Waals surface area contributed by atoms with Crippen LogP contribution in [0.1, 0.15) is 42.5 Å². The van der Waals surface area contributed by atoms with Crippen molar-refractivity contribution in [2.75, 3.05) is 24.6 Å². The Hall–Kier alpha value is -1.13. The van der Waals surface area contributed by atoms with Crippen LogP contribution in [0.5, 0.6) is 0 Å². The van der Waals surface area contributed by atoms with Crippen LogP contribution in [0.25, 0.3) is 0 Å². The molecule has 3 N–H and O–H groups in total. The number of piperidine rings is 1. The number of rotatable bonds is 4. The summed E-state index contributed by atoms with van der Waals surface area (Å²) in [5.41, 5.74) is 9.81. The van der Waals surface area contributed by atoms with Gasteiger partial charge in [0.05, 0.1) is 0 Å². The summed E-state index contributed by atoms with van der Waals surface area (Å²) in [6.45, 7) is 2.94. The lowest BCUT2D eigenvalue weighted by atomic mass is 9.95. The number of nitrogens with two attached hydrogens (primary N) is 1. The molecule has 2 heterocycles. The molecule has 1 aliphatic heterocycles. The SMILES string of the molecule is NCc1cc2c(nc1N1CCCC(CCO)C1)CCC2. The lowest BCUT2D eigenvalue weighted by Crippen LogP contribution is -2.37. The van der Waals surface area contributed by atoms with Gasteiger partial charge in [0, 0.05) is 37.5 Å². The lowest BCUT2D eigenvalue weighted by Gasteiger charge is -2.34. The maximum atomic E-state index is 9.15. The summed E-state index contributed by atoms with van der Waals surface area (Å²) in [5, 5.41) is 9.15. The van der Waals surface area contributed by atoms with E-state index in [1.807, 2.05) is 0 Å². The van der Waals surface area contributed by atoms with E-state index < -0.39 is 0 Å². The van der Waals surface area contributed by atoms with Gasteiger partial charge in [-0.05, 0) is 56.1 Å². The number of fused-ring (bicyclic) bond motifs is 1. The summed E-state index contributed by atoms with van der Waals surface area (Å²) in [6.07, 6.45) is 6.81. The smallest absolute Gasteiger partial charge is 0.133 e. The second kappa shape index (κ2) is 6.10. The summed E-state index contributed by atoms with van der Waals surface area (Å²) in [7, 11) is 0. The molecule has 3 rings (SSSR count). The van der Waals surface area contributed by atoms with Crippen LogP contribution >= 0.6 is 0 Å². The van der Waals surface area contributed by atoms with Gasteiger partial charge in [0.25, 0.3) is 0 Å². The Balaban J connectivity index is 1.85. The number of aromatic nitrogens is 1. The Morgan fingerprint density at radius 3 is 3.05 bits per heavy atom. The van der Waals surface area contributed by atoms with Gasteiger partial charge in [0.2, 0.25) is 0 Å². The number of aliphatic hydroxyl groups is 1. The number of anilines is 1. The molecule has 0 radical (unpaired) electrons. The highest BCUT2D eigenvalue weighted by Crippen LogP contribution is 2.30. The number of hydrogen-bond acceptors (Lipinski definition) is 4. The van der Waals surface area contributed by atoms with Crippen LogP contribution in [0.15, 0.2) is 6.07 Å². The molecular weight excluding hydrogens is 250 g/mol. The van der Waals surface area contributed by atoms with Gasteiger partial charge < -0.3 is 15.7 Å². The summed E-state index contributed by atoms with van der Waals surface area (Å²) >= 11 is 0. The van der Waals surface area contributed by atoms with E-state index in [-0.39, 0.29) is 0 Å². The van der Waals surface area contributed by atoms with E-state index in [2.05, 4.69) is 11.0 Å². The van der Waals surface area contributed by atoms with Crippen molar-refractivity contribution in [1.29, 1.82) is 0 Å². The number of hydrogen-bond donors (Lipinski definition) is 2. The van der Waals surface area contributed by atoms with Gasteiger partial charge in [-0.2, -0.15) is 0 Å². The van der Waals surface area contributed by atoms with E-state index in [1.165, 1.54) is 36.1 Å².